The van der Waals surface area contributed by atoms with Crippen molar-refractivity contribution in [3.8, 4) is 5.75 Å². The largest absolute Gasteiger partial charge is 0.486 e. The topological polar surface area (TPSA) is 26.3 Å². The number of carbonyl (C=O) groups is 1. The number of halogens is 1. The van der Waals surface area contributed by atoms with Crippen molar-refractivity contribution in [2.75, 3.05) is 6.61 Å². The summed E-state index contributed by atoms with van der Waals surface area (Å²) in [6, 6.07) is 5.11. The van der Waals surface area contributed by atoms with Crippen LogP contribution in [0.1, 0.15) is 10.4 Å². The Morgan fingerprint density at radius 2 is 2.23 bits per heavy atom. The molecule has 1 aliphatic heterocycles. The van der Waals surface area contributed by atoms with Gasteiger partial charge in [-0.3, -0.25) is 4.79 Å². The number of fused-ring (bicyclic) bond motifs is 1. The van der Waals surface area contributed by atoms with Gasteiger partial charge in [-0.2, -0.15) is 0 Å². The number of hydrogen-bond donors (Lipinski definition) is 0. The standard InChI is InChI=1S/C10H7ClO2/c1-6-5-13-10-7(9(6)12)3-2-4-8(10)11/h2-4H,1,5H2. The number of ketones is 1. The molecule has 0 aromatic heterocycles. The maximum absolute atomic E-state index is 11.5. The van der Waals surface area contributed by atoms with Crippen molar-refractivity contribution in [1.29, 1.82) is 0 Å². The zero-order chi connectivity index (χ0) is 9.42. The molecule has 1 aromatic rings. The highest BCUT2D eigenvalue weighted by Crippen LogP contribution is 2.33. The van der Waals surface area contributed by atoms with Crippen LogP contribution in [0.2, 0.25) is 5.02 Å². The zero-order valence-electron chi connectivity index (χ0n) is 6.84. The molecule has 0 saturated heterocycles. The molecule has 3 heteroatoms. The third-order valence-electron chi connectivity index (χ3n) is 1.92. The third-order valence-corrected chi connectivity index (χ3v) is 2.22. The molecule has 0 spiro atoms. The first-order chi connectivity index (χ1) is 6.20. The second-order valence-corrected chi connectivity index (χ2v) is 3.25. The van der Waals surface area contributed by atoms with Crippen LogP contribution in [0, 0.1) is 0 Å². The zero-order valence-corrected chi connectivity index (χ0v) is 7.60. The van der Waals surface area contributed by atoms with Crippen molar-refractivity contribution in [3.05, 3.63) is 40.9 Å². The molecule has 13 heavy (non-hydrogen) atoms. The lowest BCUT2D eigenvalue weighted by atomic mass is 10.0. The van der Waals surface area contributed by atoms with E-state index >= 15 is 0 Å². The van der Waals surface area contributed by atoms with Crippen LogP contribution in [-0.4, -0.2) is 12.4 Å². The summed E-state index contributed by atoms with van der Waals surface area (Å²) in [5.74, 6) is 0.394. The molecule has 0 fully saturated rings. The molecule has 0 radical (unpaired) electrons. The van der Waals surface area contributed by atoms with Crippen LogP contribution < -0.4 is 4.74 Å². The fraction of sp³-hybridized carbons (Fsp3) is 0.100. The monoisotopic (exact) mass is 194 g/mol. The summed E-state index contributed by atoms with van der Waals surface area (Å²) < 4.78 is 5.28. The van der Waals surface area contributed by atoms with Crippen LogP contribution in [-0.2, 0) is 0 Å². The molecule has 0 aliphatic carbocycles. The maximum Gasteiger partial charge on any atom is 0.195 e. The predicted molar refractivity (Wildman–Crippen MR) is 50.4 cm³/mol. The minimum atomic E-state index is -0.0799. The Morgan fingerprint density at radius 1 is 1.46 bits per heavy atom. The SMILES string of the molecule is C=C1COc2c(Cl)cccc2C1=O. The van der Waals surface area contributed by atoms with Crippen molar-refractivity contribution in [2.24, 2.45) is 0 Å². The Morgan fingerprint density at radius 3 is 3.00 bits per heavy atom. The van der Waals surface area contributed by atoms with Gasteiger partial charge in [0.2, 0.25) is 0 Å². The summed E-state index contributed by atoms with van der Waals surface area (Å²) in [5, 5.41) is 0.471. The Bertz CT molecular complexity index is 396. The van der Waals surface area contributed by atoms with Crippen LogP contribution >= 0.6 is 11.6 Å². The lowest BCUT2D eigenvalue weighted by molar-refractivity contribution is 0.1000. The quantitative estimate of drug-likeness (QED) is 0.593. The molecule has 0 bridgehead atoms. The molecular formula is C10H7ClO2. The number of Topliss-reactive ketones (excluding diaryl/α,β-unsaturated/α-hetero) is 1. The van der Waals surface area contributed by atoms with Crippen LogP contribution in [0.3, 0.4) is 0 Å². The highest BCUT2D eigenvalue weighted by molar-refractivity contribution is 6.33. The van der Waals surface area contributed by atoms with Crippen LogP contribution in [0.5, 0.6) is 5.75 Å². The van der Waals surface area contributed by atoms with E-state index in [2.05, 4.69) is 6.58 Å². The van der Waals surface area contributed by atoms with E-state index in [1.54, 1.807) is 18.2 Å². The lowest BCUT2D eigenvalue weighted by Crippen LogP contribution is -2.18. The molecule has 0 unspecified atom stereocenters. The predicted octanol–water partition coefficient (Wildman–Crippen LogP) is 2.47. The minimum absolute atomic E-state index is 0.0799. The number of para-hydroxylation sites is 1. The Balaban J connectivity index is 2.62. The average Bonchev–Trinajstić information content (AvgIpc) is 2.12. The first kappa shape index (κ1) is 8.32. The lowest BCUT2D eigenvalue weighted by Gasteiger charge is -2.18. The molecule has 0 atom stereocenters. The van der Waals surface area contributed by atoms with Gasteiger partial charge in [-0.15, -0.1) is 0 Å². The van der Waals surface area contributed by atoms with Gasteiger partial charge in [0.15, 0.2) is 5.78 Å². The van der Waals surface area contributed by atoms with Crippen molar-refractivity contribution in [2.45, 2.75) is 0 Å². The number of ether oxygens (including phenoxy) is 1. The van der Waals surface area contributed by atoms with Gasteiger partial charge in [-0.05, 0) is 12.1 Å². The fourth-order valence-electron chi connectivity index (χ4n) is 1.25. The van der Waals surface area contributed by atoms with Crippen LogP contribution in [0.25, 0.3) is 0 Å². The van der Waals surface area contributed by atoms with E-state index in [0.29, 0.717) is 21.9 Å². The summed E-state index contributed by atoms with van der Waals surface area (Å²) in [6.07, 6.45) is 0. The summed E-state index contributed by atoms with van der Waals surface area (Å²) >= 11 is 5.85. The number of rotatable bonds is 0. The van der Waals surface area contributed by atoms with E-state index in [1.165, 1.54) is 0 Å². The molecule has 1 aromatic carbocycles. The first-order valence-corrected chi connectivity index (χ1v) is 4.21. The highest BCUT2D eigenvalue weighted by Gasteiger charge is 2.23. The van der Waals surface area contributed by atoms with E-state index in [9.17, 15) is 4.79 Å². The van der Waals surface area contributed by atoms with Crippen molar-refractivity contribution < 1.29 is 9.53 Å². The highest BCUT2D eigenvalue weighted by atomic mass is 35.5. The van der Waals surface area contributed by atoms with Gasteiger partial charge in [-0.25, -0.2) is 0 Å². The van der Waals surface area contributed by atoms with Gasteiger partial charge in [0, 0.05) is 5.57 Å². The van der Waals surface area contributed by atoms with Gasteiger partial charge in [-0.1, -0.05) is 24.2 Å². The van der Waals surface area contributed by atoms with Gasteiger partial charge in [0.05, 0.1) is 10.6 Å². The number of carbonyl (C=O) groups excluding carboxylic acids is 1. The van der Waals surface area contributed by atoms with E-state index in [4.69, 9.17) is 16.3 Å². The van der Waals surface area contributed by atoms with E-state index < -0.39 is 0 Å². The molecule has 66 valence electrons. The molecule has 2 nitrogen and oxygen atoms in total. The maximum atomic E-state index is 11.5. The number of benzene rings is 1. The Labute approximate surface area is 80.8 Å². The van der Waals surface area contributed by atoms with Crippen LogP contribution in [0.15, 0.2) is 30.4 Å². The molecule has 0 N–H and O–H groups in total. The van der Waals surface area contributed by atoms with Crippen LogP contribution in [0.4, 0.5) is 0 Å². The second kappa shape index (κ2) is 2.89. The molecule has 2 rings (SSSR count). The number of hydrogen-bond acceptors (Lipinski definition) is 2. The average molecular weight is 195 g/mol. The Hall–Kier alpha value is -1.28. The van der Waals surface area contributed by atoms with Gasteiger partial charge in [0.25, 0.3) is 0 Å². The summed E-state index contributed by atoms with van der Waals surface area (Å²) in [5.41, 5.74) is 0.971. The molecule has 1 aliphatic rings. The van der Waals surface area contributed by atoms with Gasteiger partial charge >= 0.3 is 0 Å². The first-order valence-electron chi connectivity index (χ1n) is 3.84. The fourth-order valence-corrected chi connectivity index (χ4v) is 1.48. The minimum Gasteiger partial charge on any atom is -0.486 e. The van der Waals surface area contributed by atoms with E-state index in [0.717, 1.165) is 0 Å². The van der Waals surface area contributed by atoms with Gasteiger partial charge in [0.1, 0.15) is 12.4 Å². The van der Waals surface area contributed by atoms with Crippen molar-refractivity contribution in [3.63, 3.8) is 0 Å². The molecule has 1 heterocycles. The van der Waals surface area contributed by atoms with Crippen molar-refractivity contribution in [1.82, 2.24) is 0 Å². The molecule has 0 amide bonds. The molecule has 0 saturated carbocycles. The molecular weight excluding hydrogens is 188 g/mol. The van der Waals surface area contributed by atoms with E-state index in [1.807, 2.05) is 0 Å². The third kappa shape index (κ3) is 1.23. The summed E-state index contributed by atoms with van der Waals surface area (Å²) in [7, 11) is 0. The summed E-state index contributed by atoms with van der Waals surface area (Å²) in [6.45, 7) is 3.84. The smallest absolute Gasteiger partial charge is 0.195 e. The normalized spacial score (nSPS) is 15.2. The van der Waals surface area contributed by atoms with E-state index in [-0.39, 0.29) is 12.4 Å². The van der Waals surface area contributed by atoms with Gasteiger partial charge < -0.3 is 4.74 Å². The summed E-state index contributed by atoms with van der Waals surface area (Å²) in [4.78, 5) is 11.5. The second-order valence-electron chi connectivity index (χ2n) is 2.84. The van der Waals surface area contributed by atoms with Crippen molar-refractivity contribution >= 4 is 17.4 Å². The Kier molecular flexibility index (Phi) is 1.85.